The first-order valence-corrected chi connectivity index (χ1v) is 12.2. The molecule has 0 aromatic heterocycles. The van der Waals surface area contributed by atoms with Crippen LogP contribution < -0.4 is 14.8 Å². The van der Waals surface area contributed by atoms with E-state index in [4.69, 9.17) is 4.74 Å². The van der Waals surface area contributed by atoms with E-state index < -0.39 is 10.0 Å². The SMILES string of the molecule is COc1ccc(C(NC(=O)/C=C/c2ccc(S(=O)(=O)NC3CC3)cc2)c2ccccc2)cc1. The van der Waals surface area contributed by atoms with Crippen LogP contribution in [-0.2, 0) is 14.8 Å². The number of rotatable bonds is 9. The van der Waals surface area contributed by atoms with Gasteiger partial charge in [-0.15, -0.1) is 0 Å². The largest absolute Gasteiger partial charge is 0.497 e. The fourth-order valence-electron chi connectivity index (χ4n) is 3.41. The maximum absolute atomic E-state index is 12.7. The molecule has 33 heavy (non-hydrogen) atoms. The van der Waals surface area contributed by atoms with Crippen molar-refractivity contribution in [2.45, 2.75) is 29.8 Å². The molecule has 0 bridgehead atoms. The van der Waals surface area contributed by atoms with E-state index in [0.29, 0.717) is 0 Å². The van der Waals surface area contributed by atoms with Crippen molar-refractivity contribution < 1.29 is 17.9 Å². The fraction of sp³-hybridized carbons (Fsp3) is 0.192. The minimum Gasteiger partial charge on any atom is -0.497 e. The minimum absolute atomic E-state index is 0.0570. The summed E-state index contributed by atoms with van der Waals surface area (Å²) in [4.78, 5) is 12.9. The molecule has 6 nitrogen and oxygen atoms in total. The van der Waals surface area contributed by atoms with E-state index in [1.807, 2.05) is 54.6 Å². The highest BCUT2D eigenvalue weighted by molar-refractivity contribution is 7.89. The van der Waals surface area contributed by atoms with E-state index in [9.17, 15) is 13.2 Å². The van der Waals surface area contributed by atoms with Gasteiger partial charge in [0.2, 0.25) is 15.9 Å². The lowest BCUT2D eigenvalue weighted by Gasteiger charge is -2.19. The fourth-order valence-corrected chi connectivity index (χ4v) is 4.71. The van der Waals surface area contributed by atoms with Crippen LogP contribution in [0.3, 0.4) is 0 Å². The minimum atomic E-state index is -3.49. The van der Waals surface area contributed by atoms with Crippen molar-refractivity contribution >= 4 is 22.0 Å². The van der Waals surface area contributed by atoms with Crippen LogP contribution in [0.5, 0.6) is 5.75 Å². The normalized spacial score (nSPS) is 14.7. The zero-order chi connectivity index (χ0) is 23.3. The van der Waals surface area contributed by atoms with Gasteiger partial charge in [-0.25, -0.2) is 13.1 Å². The molecule has 0 heterocycles. The Balaban J connectivity index is 1.46. The van der Waals surface area contributed by atoms with Crippen molar-refractivity contribution in [1.82, 2.24) is 10.0 Å². The Kier molecular flexibility index (Phi) is 6.91. The number of hydrogen-bond acceptors (Lipinski definition) is 4. The summed E-state index contributed by atoms with van der Waals surface area (Å²) in [5.41, 5.74) is 2.62. The highest BCUT2D eigenvalue weighted by atomic mass is 32.2. The third-order valence-corrected chi connectivity index (χ3v) is 6.92. The predicted molar refractivity (Wildman–Crippen MR) is 128 cm³/mol. The molecular weight excluding hydrogens is 436 g/mol. The number of benzene rings is 3. The van der Waals surface area contributed by atoms with Gasteiger partial charge in [0.25, 0.3) is 0 Å². The van der Waals surface area contributed by atoms with Crippen LogP contribution in [0.4, 0.5) is 0 Å². The predicted octanol–water partition coefficient (Wildman–Crippen LogP) is 4.05. The maximum atomic E-state index is 12.7. The maximum Gasteiger partial charge on any atom is 0.244 e. The van der Waals surface area contributed by atoms with E-state index in [2.05, 4.69) is 10.0 Å². The second-order valence-electron chi connectivity index (χ2n) is 7.92. The molecule has 1 amide bonds. The van der Waals surface area contributed by atoms with E-state index in [1.165, 1.54) is 6.08 Å². The van der Waals surface area contributed by atoms with Crippen LogP contribution in [-0.4, -0.2) is 27.5 Å². The first-order chi connectivity index (χ1) is 15.9. The number of carbonyl (C=O) groups excluding carboxylic acids is 1. The van der Waals surface area contributed by atoms with Gasteiger partial charge in [-0.3, -0.25) is 4.79 Å². The number of ether oxygens (including phenoxy) is 1. The molecule has 0 radical (unpaired) electrons. The van der Waals surface area contributed by atoms with Gasteiger partial charge in [0, 0.05) is 12.1 Å². The highest BCUT2D eigenvalue weighted by Gasteiger charge is 2.27. The summed E-state index contributed by atoms with van der Waals surface area (Å²) < 4.78 is 32.5. The van der Waals surface area contributed by atoms with Gasteiger partial charge in [-0.1, -0.05) is 54.6 Å². The van der Waals surface area contributed by atoms with Gasteiger partial charge in [0.1, 0.15) is 5.75 Å². The first kappa shape index (κ1) is 22.8. The molecule has 0 aliphatic heterocycles. The zero-order valence-electron chi connectivity index (χ0n) is 18.3. The summed E-state index contributed by atoms with van der Waals surface area (Å²) in [5, 5.41) is 3.05. The van der Waals surface area contributed by atoms with Gasteiger partial charge in [-0.05, 0) is 59.9 Å². The van der Waals surface area contributed by atoms with E-state index in [-0.39, 0.29) is 22.9 Å². The number of methoxy groups -OCH3 is 1. The summed E-state index contributed by atoms with van der Waals surface area (Å²) >= 11 is 0. The molecular formula is C26H26N2O4S. The van der Waals surface area contributed by atoms with Crippen molar-refractivity contribution in [3.8, 4) is 5.75 Å². The van der Waals surface area contributed by atoms with E-state index >= 15 is 0 Å². The molecule has 1 atom stereocenters. The molecule has 2 N–H and O–H groups in total. The van der Waals surface area contributed by atoms with Gasteiger partial charge in [-0.2, -0.15) is 0 Å². The molecule has 4 rings (SSSR count). The number of carbonyl (C=O) groups is 1. The lowest BCUT2D eigenvalue weighted by Crippen LogP contribution is -2.27. The Morgan fingerprint density at radius 3 is 2.18 bits per heavy atom. The molecule has 1 fully saturated rings. The molecule has 3 aromatic carbocycles. The van der Waals surface area contributed by atoms with Gasteiger partial charge >= 0.3 is 0 Å². The summed E-state index contributed by atoms with van der Waals surface area (Å²) in [6, 6.07) is 23.5. The van der Waals surface area contributed by atoms with Crippen LogP contribution >= 0.6 is 0 Å². The molecule has 0 spiro atoms. The number of amides is 1. The topological polar surface area (TPSA) is 84.5 Å². The quantitative estimate of drug-likeness (QED) is 0.470. The standard InChI is InChI=1S/C26H26N2O4S/c1-32-23-14-10-21(11-15-23)26(20-5-3-2-4-6-20)27-25(29)18-9-19-7-16-24(17-8-19)33(30,31)28-22-12-13-22/h2-11,14-18,22,26,28H,12-13H2,1H3,(H,27,29)/b18-9+. The Hall–Kier alpha value is -3.42. The number of sulfonamides is 1. The number of hydrogen-bond donors (Lipinski definition) is 2. The van der Waals surface area contributed by atoms with Crippen LogP contribution in [0.2, 0.25) is 0 Å². The third-order valence-electron chi connectivity index (χ3n) is 5.39. The average molecular weight is 463 g/mol. The van der Waals surface area contributed by atoms with E-state index in [0.717, 1.165) is 35.3 Å². The Bertz CT molecular complexity index is 1220. The molecule has 1 saturated carbocycles. The van der Waals surface area contributed by atoms with Crippen LogP contribution in [0.15, 0.2) is 89.8 Å². The van der Waals surface area contributed by atoms with Crippen molar-refractivity contribution in [3.05, 3.63) is 102 Å². The summed E-state index contributed by atoms with van der Waals surface area (Å²) in [6.45, 7) is 0. The van der Waals surface area contributed by atoms with Crippen molar-refractivity contribution in [3.63, 3.8) is 0 Å². The molecule has 170 valence electrons. The van der Waals surface area contributed by atoms with Crippen molar-refractivity contribution in [2.75, 3.05) is 7.11 Å². The smallest absolute Gasteiger partial charge is 0.244 e. The highest BCUT2D eigenvalue weighted by Crippen LogP contribution is 2.25. The summed E-state index contributed by atoms with van der Waals surface area (Å²) in [6.07, 6.45) is 4.88. The van der Waals surface area contributed by atoms with Crippen LogP contribution in [0.25, 0.3) is 6.08 Å². The molecule has 1 unspecified atom stereocenters. The Labute approximate surface area is 194 Å². The van der Waals surface area contributed by atoms with Gasteiger partial charge in [0.05, 0.1) is 18.0 Å². The molecule has 3 aromatic rings. The molecule has 7 heteroatoms. The molecule has 0 saturated heterocycles. The van der Waals surface area contributed by atoms with Crippen molar-refractivity contribution in [2.24, 2.45) is 0 Å². The van der Waals surface area contributed by atoms with Gasteiger partial charge in [0.15, 0.2) is 0 Å². The van der Waals surface area contributed by atoms with Crippen LogP contribution in [0, 0.1) is 0 Å². The average Bonchev–Trinajstić information content (AvgIpc) is 3.65. The lowest BCUT2D eigenvalue weighted by molar-refractivity contribution is -0.116. The third kappa shape index (κ3) is 6.09. The zero-order valence-corrected chi connectivity index (χ0v) is 19.1. The lowest BCUT2D eigenvalue weighted by atomic mass is 9.98. The second kappa shape index (κ2) is 10.0. The van der Waals surface area contributed by atoms with E-state index in [1.54, 1.807) is 37.5 Å². The number of nitrogens with one attached hydrogen (secondary N) is 2. The Morgan fingerprint density at radius 2 is 1.58 bits per heavy atom. The Morgan fingerprint density at radius 1 is 0.939 bits per heavy atom. The molecule has 1 aliphatic carbocycles. The second-order valence-corrected chi connectivity index (χ2v) is 9.64. The molecule has 1 aliphatic rings. The monoisotopic (exact) mass is 462 g/mol. The van der Waals surface area contributed by atoms with Gasteiger partial charge < -0.3 is 10.1 Å². The first-order valence-electron chi connectivity index (χ1n) is 10.7. The summed E-state index contributed by atoms with van der Waals surface area (Å²) in [5.74, 6) is 0.487. The summed E-state index contributed by atoms with van der Waals surface area (Å²) in [7, 11) is -1.88. The van der Waals surface area contributed by atoms with Crippen molar-refractivity contribution in [1.29, 1.82) is 0 Å². The van der Waals surface area contributed by atoms with Crippen LogP contribution in [0.1, 0.15) is 35.6 Å².